The summed E-state index contributed by atoms with van der Waals surface area (Å²) < 4.78 is 19.1. The first kappa shape index (κ1) is 33.1. The number of likely N-dealkylation sites (tertiary alicyclic amines) is 2. The van der Waals surface area contributed by atoms with Crippen molar-refractivity contribution in [2.75, 3.05) is 38.0 Å². The van der Waals surface area contributed by atoms with Gasteiger partial charge in [0.2, 0.25) is 0 Å². The van der Waals surface area contributed by atoms with Gasteiger partial charge in [0, 0.05) is 55.0 Å². The number of halogens is 1. The Bertz CT molecular complexity index is 1320. The molecule has 0 aliphatic carbocycles. The van der Waals surface area contributed by atoms with E-state index in [0.717, 1.165) is 37.9 Å². The fourth-order valence-corrected chi connectivity index (χ4v) is 6.11. The molecule has 0 saturated carbocycles. The van der Waals surface area contributed by atoms with Gasteiger partial charge in [0.1, 0.15) is 11.4 Å². The number of rotatable bonds is 8. The van der Waals surface area contributed by atoms with E-state index in [9.17, 15) is 23.6 Å². The number of ether oxygens (including phenoxy) is 1. The molecule has 2 saturated heterocycles. The van der Waals surface area contributed by atoms with E-state index in [1.807, 2.05) is 32.9 Å². The zero-order chi connectivity index (χ0) is 32.0. The van der Waals surface area contributed by atoms with Crippen LogP contribution in [0.25, 0.3) is 0 Å². The third kappa shape index (κ3) is 9.61. The van der Waals surface area contributed by atoms with Gasteiger partial charge in [-0.3, -0.25) is 9.59 Å². The number of ketones is 2. The van der Waals surface area contributed by atoms with E-state index < -0.39 is 11.6 Å². The molecule has 2 aromatic carbocycles. The second kappa shape index (κ2) is 14.3. The van der Waals surface area contributed by atoms with Crippen molar-refractivity contribution in [3.8, 4) is 0 Å². The van der Waals surface area contributed by atoms with Crippen molar-refractivity contribution in [2.45, 2.75) is 71.9 Å². The molecule has 2 N–H and O–H groups in total. The van der Waals surface area contributed by atoms with Gasteiger partial charge in [0.25, 0.3) is 0 Å². The van der Waals surface area contributed by atoms with Gasteiger partial charge in [0.05, 0.1) is 0 Å². The van der Waals surface area contributed by atoms with Gasteiger partial charge < -0.3 is 25.2 Å². The molecule has 2 fully saturated rings. The number of anilines is 1. The third-order valence-corrected chi connectivity index (χ3v) is 8.24. The lowest BCUT2D eigenvalue weighted by molar-refractivity contribution is 0.00958. The summed E-state index contributed by atoms with van der Waals surface area (Å²) in [5.74, 6) is -0.267. The van der Waals surface area contributed by atoms with Gasteiger partial charge >= 0.3 is 12.1 Å². The largest absolute Gasteiger partial charge is 0.444 e. The predicted molar refractivity (Wildman–Crippen MR) is 168 cm³/mol. The molecule has 2 aromatic rings. The van der Waals surface area contributed by atoms with E-state index in [0.29, 0.717) is 48.8 Å². The minimum atomic E-state index is -0.616. The highest BCUT2D eigenvalue weighted by molar-refractivity contribution is 6.02. The first-order valence-corrected chi connectivity index (χ1v) is 15.4. The Kier molecular flexibility index (Phi) is 10.8. The molecule has 3 amide bonds. The highest BCUT2D eigenvalue weighted by Gasteiger charge is 2.36. The van der Waals surface area contributed by atoms with E-state index >= 15 is 0 Å². The van der Waals surface area contributed by atoms with Crippen LogP contribution in [-0.4, -0.2) is 77.9 Å². The number of urea groups is 1. The van der Waals surface area contributed by atoms with Crippen LogP contribution in [0.5, 0.6) is 0 Å². The number of piperidine rings is 2. The summed E-state index contributed by atoms with van der Waals surface area (Å²) in [5, 5.41) is 5.91. The minimum Gasteiger partial charge on any atom is -0.444 e. The number of carbonyl (C=O) groups is 4. The van der Waals surface area contributed by atoms with Gasteiger partial charge in [-0.2, -0.15) is 0 Å². The van der Waals surface area contributed by atoms with Crippen molar-refractivity contribution < 1.29 is 28.3 Å². The number of amides is 3. The standard InChI is InChI=1S/C34H45FN4O5/c1-22(40)26-16-27(23(2)41)18-30(17-26)36-32(42)37-31-12-14-39(33(43)44-34(3,4)5)21-28(31)20-38-13-6-7-25(19-38)15-24-8-10-29(35)11-9-24/h8-11,16-18,25,28,31H,6-7,12-15,19-21H2,1-5H3,(H2,36,37,42)/t25?,28-,31-/m1/s1. The first-order chi connectivity index (χ1) is 20.8. The monoisotopic (exact) mass is 608 g/mol. The summed E-state index contributed by atoms with van der Waals surface area (Å²) in [4.78, 5) is 54.4. The molecule has 2 aliphatic heterocycles. The Morgan fingerprint density at radius 1 is 0.932 bits per heavy atom. The Hall–Kier alpha value is -3.79. The van der Waals surface area contributed by atoms with Crippen LogP contribution < -0.4 is 10.6 Å². The van der Waals surface area contributed by atoms with Gasteiger partial charge in [-0.1, -0.05) is 12.1 Å². The SMILES string of the molecule is CC(=O)c1cc(NC(=O)N[C@@H]2CCN(C(=O)OC(C)(C)C)C[C@H]2CN2CCCC(Cc3ccc(F)cc3)C2)cc(C(C)=O)c1. The van der Waals surface area contributed by atoms with E-state index in [-0.39, 0.29) is 35.4 Å². The first-order valence-electron chi connectivity index (χ1n) is 15.4. The maximum absolute atomic E-state index is 13.4. The van der Waals surface area contributed by atoms with Gasteiger partial charge in [-0.15, -0.1) is 0 Å². The van der Waals surface area contributed by atoms with E-state index in [1.165, 1.54) is 32.0 Å². The Morgan fingerprint density at radius 2 is 1.59 bits per heavy atom. The van der Waals surface area contributed by atoms with E-state index in [2.05, 4.69) is 15.5 Å². The number of benzene rings is 2. The molecule has 2 aliphatic rings. The van der Waals surface area contributed by atoms with Crippen LogP contribution in [0.15, 0.2) is 42.5 Å². The molecule has 4 rings (SSSR count). The topological polar surface area (TPSA) is 108 Å². The highest BCUT2D eigenvalue weighted by atomic mass is 19.1. The molecule has 9 nitrogen and oxygen atoms in total. The molecule has 238 valence electrons. The number of carbonyl (C=O) groups excluding carboxylic acids is 4. The van der Waals surface area contributed by atoms with Gasteiger partial charge in [-0.25, -0.2) is 14.0 Å². The molecule has 0 bridgehead atoms. The summed E-state index contributed by atoms with van der Waals surface area (Å²) >= 11 is 0. The Balaban J connectivity index is 1.46. The second-order valence-electron chi connectivity index (χ2n) is 13.2. The molecule has 0 aromatic heterocycles. The summed E-state index contributed by atoms with van der Waals surface area (Å²) in [7, 11) is 0. The van der Waals surface area contributed by atoms with Crippen molar-refractivity contribution in [1.29, 1.82) is 0 Å². The Morgan fingerprint density at radius 3 is 2.20 bits per heavy atom. The number of nitrogens with zero attached hydrogens (tertiary/aromatic N) is 2. The molecule has 1 unspecified atom stereocenters. The maximum Gasteiger partial charge on any atom is 0.410 e. The minimum absolute atomic E-state index is 0.0528. The fourth-order valence-electron chi connectivity index (χ4n) is 6.11. The van der Waals surface area contributed by atoms with Crippen molar-refractivity contribution in [3.63, 3.8) is 0 Å². The molecule has 3 atom stereocenters. The summed E-state index contributed by atoms with van der Waals surface area (Å²) in [6.07, 6.45) is 3.19. The number of Topliss-reactive ketones (excluding diaryl/α,β-unsaturated/α-hetero) is 2. The van der Waals surface area contributed by atoms with Crippen LogP contribution in [0.3, 0.4) is 0 Å². The Labute approximate surface area is 259 Å². The van der Waals surface area contributed by atoms with E-state index in [4.69, 9.17) is 4.74 Å². The van der Waals surface area contributed by atoms with Crippen molar-refractivity contribution >= 4 is 29.4 Å². The molecule has 2 heterocycles. The number of hydrogen-bond donors (Lipinski definition) is 2. The average molecular weight is 609 g/mol. The van der Waals surface area contributed by atoms with Crippen molar-refractivity contribution in [1.82, 2.24) is 15.1 Å². The van der Waals surface area contributed by atoms with Crippen LogP contribution in [0.4, 0.5) is 19.7 Å². The summed E-state index contributed by atoms with van der Waals surface area (Å²) in [5.41, 5.74) is 1.55. The maximum atomic E-state index is 13.4. The predicted octanol–water partition coefficient (Wildman–Crippen LogP) is 5.93. The average Bonchev–Trinajstić information content (AvgIpc) is 2.94. The zero-order valence-corrected chi connectivity index (χ0v) is 26.5. The lowest BCUT2D eigenvalue weighted by Gasteiger charge is -2.42. The quantitative estimate of drug-likeness (QED) is 0.360. The fraction of sp³-hybridized carbons (Fsp3) is 0.529. The summed E-state index contributed by atoms with van der Waals surface area (Å²) in [6.45, 7) is 11.7. The highest BCUT2D eigenvalue weighted by Crippen LogP contribution is 2.26. The lowest BCUT2D eigenvalue weighted by Crippen LogP contribution is -2.57. The van der Waals surface area contributed by atoms with E-state index in [1.54, 1.807) is 17.0 Å². The van der Waals surface area contributed by atoms with Crippen molar-refractivity contribution in [2.24, 2.45) is 11.8 Å². The van der Waals surface area contributed by atoms with Crippen LogP contribution in [-0.2, 0) is 11.2 Å². The molecule has 10 heteroatoms. The van der Waals surface area contributed by atoms with Gasteiger partial charge in [-0.05, 0) is 109 Å². The van der Waals surface area contributed by atoms with Crippen LogP contribution in [0, 0.1) is 17.7 Å². The third-order valence-electron chi connectivity index (χ3n) is 8.24. The van der Waals surface area contributed by atoms with Gasteiger partial charge in [0.15, 0.2) is 11.6 Å². The van der Waals surface area contributed by atoms with Crippen LogP contribution in [0.1, 0.15) is 80.2 Å². The second-order valence-corrected chi connectivity index (χ2v) is 13.2. The van der Waals surface area contributed by atoms with Crippen LogP contribution in [0.2, 0.25) is 0 Å². The zero-order valence-electron chi connectivity index (χ0n) is 26.5. The molecule has 0 spiro atoms. The normalized spacial score (nSPS) is 21.0. The van der Waals surface area contributed by atoms with Crippen molar-refractivity contribution in [3.05, 3.63) is 65.0 Å². The summed E-state index contributed by atoms with van der Waals surface area (Å²) in [6, 6.07) is 10.7. The molecular weight excluding hydrogens is 563 g/mol. The molecule has 44 heavy (non-hydrogen) atoms. The molecular formula is C34H45FN4O5. The molecule has 0 radical (unpaired) electrons. The lowest BCUT2D eigenvalue weighted by atomic mass is 9.88. The number of nitrogens with one attached hydrogen (secondary N) is 2. The smallest absolute Gasteiger partial charge is 0.410 e. The van der Waals surface area contributed by atoms with Crippen LogP contribution >= 0.6 is 0 Å². The number of hydrogen-bond acceptors (Lipinski definition) is 6.